The quantitative estimate of drug-likeness (QED) is 0.715. The Labute approximate surface area is 162 Å². The van der Waals surface area contributed by atoms with Crippen LogP contribution in [0.3, 0.4) is 0 Å². The summed E-state index contributed by atoms with van der Waals surface area (Å²) in [6.07, 6.45) is 3.53. The van der Waals surface area contributed by atoms with Gasteiger partial charge in [0.15, 0.2) is 11.5 Å². The lowest BCUT2D eigenvalue weighted by Crippen LogP contribution is -2.52. The third-order valence-electron chi connectivity index (χ3n) is 4.15. The number of hydrogen-bond donors (Lipinski definition) is 2. The highest BCUT2D eigenvalue weighted by Gasteiger charge is 2.45. The number of hydrogen-bond acceptors (Lipinski definition) is 4. The number of nitrogens with one attached hydrogen (secondary N) is 1. The molecule has 1 atom stereocenters. The molecule has 3 N–H and O–H groups in total. The van der Waals surface area contributed by atoms with Gasteiger partial charge in [0.05, 0.1) is 6.20 Å². The first-order valence-corrected chi connectivity index (χ1v) is 7.49. The molecule has 136 valence electrons. The second-order valence-electron chi connectivity index (χ2n) is 5.59. The maximum atomic E-state index is 12.2. The van der Waals surface area contributed by atoms with E-state index in [1.807, 2.05) is 36.4 Å². The lowest BCUT2D eigenvalue weighted by atomic mass is 9.91. The number of para-hydroxylation sites is 2. The van der Waals surface area contributed by atoms with E-state index in [4.69, 9.17) is 15.2 Å². The van der Waals surface area contributed by atoms with Crippen molar-refractivity contribution in [3.63, 3.8) is 0 Å². The highest BCUT2D eigenvalue weighted by atomic mass is 35.5. The second kappa shape index (κ2) is 7.68. The molecule has 1 unspecified atom stereocenters. The van der Waals surface area contributed by atoms with E-state index in [0.717, 1.165) is 11.1 Å². The third-order valence-corrected chi connectivity index (χ3v) is 4.15. The zero-order valence-electron chi connectivity index (χ0n) is 13.5. The Bertz CT molecular complexity index is 885. The maximum absolute atomic E-state index is 12.2. The van der Waals surface area contributed by atoms with Crippen LogP contribution < -0.4 is 15.2 Å². The van der Waals surface area contributed by atoms with Crippen molar-refractivity contribution in [1.29, 1.82) is 0 Å². The molecular weight excluding hydrogens is 377 g/mol. The average molecular weight is 394 g/mol. The van der Waals surface area contributed by atoms with Gasteiger partial charge in [-0.3, -0.25) is 9.89 Å². The SMILES string of the molecule is Cl.Cl.NC(=O)C1(c2ccc(-c3cn[nH]c3)cc2)COc2ccccc2O1. The molecule has 6 nitrogen and oxygen atoms in total. The van der Waals surface area contributed by atoms with Gasteiger partial charge in [0.1, 0.15) is 6.61 Å². The van der Waals surface area contributed by atoms with E-state index in [1.165, 1.54) is 0 Å². The molecule has 2 aromatic carbocycles. The molecule has 0 bridgehead atoms. The second-order valence-corrected chi connectivity index (χ2v) is 5.59. The van der Waals surface area contributed by atoms with Crippen LogP contribution in [0.2, 0.25) is 0 Å². The first kappa shape index (κ1) is 19.6. The van der Waals surface area contributed by atoms with Crippen molar-refractivity contribution in [3.05, 3.63) is 66.5 Å². The van der Waals surface area contributed by atoms with E-state index >= 15 is 0 Å². The number of amides is 1. The number of aromatic nitrogens is 2. The van der Waals surface area contributed by atoms with E-state index in [0.29, 0.717) is 17.1 Å². The number of primary amides is 1. The molecule has 0 aliphatic carbocycles. The summed E-state index contributed by atoms with van der Waals surface area (Å²) in [5.74, 6) is 0.513. The van der Waals surface area contributed by atoms with Crippen molar-refractivity contribution in [2.45, 2.75) is 5.60 Å². The average Bonchev–Trinajstić information content (AvgIpc) is 3.16. The molecule has 0 radical (unpaired) electrons. The van der Waals surface area contributed by atoms with Crippen molar-refractivity contribution in [1.82, 2.24) is 10.2 Å². The number of rotatable bonds is 3. The van der Waals surface area contributed by atoms with Crippen molar-refractivity contribution in [3.8, 4) is 22.6 Å². The number of halogens is 2. The minimum atomic E-state index is -1.34. The third kappa shape index (κ3) is 3.21. The monoisotopic (exact) mass is 393 g/mol. The van der Waals surface area contributed by atoms with Gasteiger partial charge < -0.3 is 15.2 Å². The van der Waals surface area contributed by atoms with Crippen LogP contribution in [-0.4, -0.2) is 22.7 Å². The smallest absolute Gasteiger partial charge is 0.270 e. The predicted octanol–water partition coefficient (Wildman–Crippen LogP) is 3.07. The highest BCUT2D eigenvalue weighted by Crippen LogP contribution is 2.39. The van der Waals surface area contributed by atoms with Crippen LogP contribution in [0.25, 0.3) is 11.1 Å². The number of carbonyl (C=O) groups is 1. The molecule has 2 heterocycles. The summed E-state index contributed by atoms with van der Waals surface area (Å²) in [4.78, 5) is 12.2. The Morgan fingerprint density at radius 2 is 1.73 bits per heavy atom. The predicted molar refractivity (Wildman–Crippen MR) is 102 cm³/mol. The van der Waals surface area contributed by atoms with Crippen molar-refractivity contribution >= 4 is 30.7 Å². The molecule has 4 rings (SSSR count). The minimum Gasteiger partial charge on any atom is -0.485 e. The van der Waals surface area contributed by atoms with Gasteiger partial charge in [0.2, 0.25) is 5.60 Å². The van der Waals surface area contributed by atoms with E-state index in [2.05, 4.69) is 10.2 Å². The van der Waals surface area contributed by atoms with Gasteiger partial charge in [-0.1, -0.05) is 36.4 Å². The highest BCUT2D eigenvalue weighted by molar-refractivity contribution is 5.86. The summed E-state index contributed by atoms with van der Waals surface area (Å²) in [6, 6.07) is 14.7. The summed E-state index contributed by atoms with van der Waals surface area (Å²) in [5.41, 5.74) is 6.91. The number of nitrogens with zero attached hydrogens (tertiary/aromatic N) is 1. The molecular formula is C18H17Cl2N3O3. The number of H-pyrrole nitrogens is 1. The number of ether oxygens (including phenoxy) is 2. The summed E-state index contributed by atoms with van der Waals surface area (Å²) in [6.45, 7) is 0.0321. The van der Waals surface area contributed by atoms with Crippen molar-refractivity contribution in [2.75, 3.05) is 6.61 Å². The molecule has 1 aliphatic heterocycles. The Balaban J connectivity index is 0.00000121. The lowest BCUT2D eigenvalue weighted by molar-refractivity contribution is -0.139. The molecule has 1 amide bonds. The number of aromatic amines is 1. The molecule has 1 aliphatic rings. The fourth-order valence-electron chi connectivity index (χ4n) is 2.80. The van der Waals surface area contributed by atoms with Crippen LogP contribution in [-0.2, 0) is 10.4 Å². The zero-order valence-corrected chi connectivity index (χ0v) is 15.2. The van der Waals surface area contributed by atoms with Crippen LogP contribution in [0.15, 0.2) is 60.9 Å². The van der Waals surface area contributed by atoms with Crippen molar-refractivity contribution < 1.29 is 14.3 Å². The molecule has 26 heavy (non-hydrogen) atoms. The molecule has 0 fully saturated rings. The van der Waals surface area contributed by atoms with Gasteiger partial charge in [-0.05, 0) is 17.7 Å². The maximum Gasteiger partial charge on any atom is 0.270 e. The first-order chi connectivity index (χ1) is 11.7. The first-order valence-electron chi connectivity index (χ1n) is 7.49. The Kier molecular flexibility index (Phi) is 5.79. The fraction of sp³-hybridized carbons (Fsp3) is 0.111. The number of fused-ring (bicyclic) bond motifs is 1. The van der Waals surface area contributed by atoms with Crippen LogP contribution in [0.5, 0.6) is 11.5 Å². The number of nitrogens with two attached hydrogens (primary N) is 1. The Morgan fingerprint density at radius 3 is 2.35 bits per heavy atom. The lowest BCUT2D eigenvalue weighted by Gasteiger charge is -2.36. The van der Waals surface area contributed by atoms with Gasteiger partial charge in [0, 0.05) is 17.3 Å². The summed E-state index contributed by atoms with van der Waals surface area (Å²) < 4.78 is 11.7. The molecule has 0 saturated carbocycles. The fourth-order valence-corrected chi connectivity index (χ4v) is 2.80. The molecule has 1 aromatic heterocycles. The van der Waals surface area contributed by atoms with Crippen molar-refractivity contribution in [2.24, 2.45) is 5.73 Å². The summed E-state index contributed by atoms with van der Waals surface area (Å²) in [5, 5.41) is 6.71. The van der Waals surface area contributed by atoms with Crippen LogP contribution in [0.4, 0.5) is 0 Å². The van der Waals surface area contributed by atoms with Gasteiger partial charge >= 0.3 is 0 Å². The normalized spacial score (nSPS) is 17.5. The van der Waals surface area contributed by atoms with E-state index in [-0.39, 0.29) is 31.4 Å². The van der Waals surface area contributed by atoms with E-state index < -0.39 is 11.5 Å². The van der Waals surface area contributed by atoms with Gasteiger partial charge in [-0.15, -0.1) is 24.8 Å². The summed E-state index contributed by atoms with van der Waals surface area (Å²) in [7, 11) is 0. The standard InChI is InChI=1S/C18H15N3O3.2ClH/c19-17(22)18(11-23-15-3-1-2-4-16(15)24-18)14-7-5-12(6-8-14)13-9-20-21-10-13;;/h1-10H,11H2,(H2,19,22)(H,20,21);2*1H. The zero-order chi connectivity index (χ0) is 16.6. The van der Waals surface area contributed by atoms with Gasteiger partial charge in [-0.25, -0.2) is 0 Å². The Hall–Kier alpha value is -2.70. The van der Waals surface area contributed by atoms with Gasteiger partial charge in [-0.2, -0.15) is 5.10 Å². The van der Waals surface area contributed by atoms with E-state index in [1.54, 1.807) is 24.5 Å². The molecule has 8 heteroatoms. The molecule has 0 spiro atoms. The molecule has 0 saturated heterocycles. The molecule has 3 aromatic rings. The van der Waals surface area contributed by atoms with E-state index in [9.17, 15) is 4.79 Å². The topological polar surface area (TPSA) is 90.2 Å². The Morgan fingerprint density at radius 1 is 1.04 bits per heavy atom. The van der Waals surface area contributed by atoms with Crippen LogP contribution in [0.1, 0.15) is 5.56 Å². The summed E-state index contributed by atoms with van der Waals surface area (Å²) >= 11 is 0. The largest absolute Gasteiger partial charge is 0.485 e. The van der Waals surface area contributed by atoms with Crippen LogP contribution in [0, 0.1) is 0 Å². The van der Waals surface area contributed by atoms with Gasteiger partial charge in [0.25, 0.3) is 5.91 Å². The number of benzene rings is 2. The minimum absolute atomic E-state index is 0. The van der Waals surface area contributed by atoms with Crippen LogP contribution >= 0.6 is 24.8 Å². The number of carbonyl (C=O) groups excluding carboxylic acids is 1.